The highest BCUT2D eigenvalue weighted by atomic mass is 35.5. The lowest BCUT2D eigenvalue weighted by Gasteiger charge is -2.03. The zero-order valence-electron chi connectivity index (χ0n) is 8.89. The monoisotopic (exact) mass is 303 g/mol. The molecule has 1 heterocycles. The Balaban J connectivity index is 2.14. The van der Waals surface area contributed by atoms with Crippen LogP contribution in [0.3, 0.4) is 0 Å². The number of carboxylic acids is 1. The van der Waals surface area contributed by atoms with Gasteiger partial charge in [0.15, 0.2) is 5.76 Å². The molecule has 2 rings (SSSR count). The Bertz CT molecular complexity index is 585. The van der Waals surface area contributed by atoms with Crippen LogP contribution in [0, 0.1) is 0 Å². The van der Waals surface area contributed by atoms with Crippen LogP contribution in [0.15, 0.2) is 33.8 Å². The largest absolute Gasteiger partial charge is 0.478 e. The fraction of sp³-hybridized carbons (Fsp3) is 0.0909. The average Bonchev–Trinajstić information content (AvgIpc) is 2.79. The van der Waals surface area contributed by atoms with Crippen molar-refractivity contribution in [2.75, 3.05) is 0 Å². The predicted molar refractivity (Wildman–Crippen MR) is 69.5 cm³/mol. The van der Waals surface area contributed by atoms with Crippen molar-refractivity contribution < 1.29 is 14.4 Å². The molecule has 1 N–H and O–H groups in total. The molecule has 7 heteroatoms. The van der Waals surface area contributed by atoms with Crippen molar-refractivity contribution >= 4 is 40.9 Å². The first-order valence-corrected chi connectivity index (χ1v) is 6.57. The number of hydrogen-bond donors (Lipinski definition) is 1. The number of hydrogen-bond acceptors (Lipinski definition) is 4. The molecule has 4 nitrogen and oxygen atoms in total. The lowest BCUT2D eigenvalue weighted by atomic mass is 10.3. The van der Waals surface area contributed by atoms with E-state index in [-0.39, 0.29) is 5.56 Å². The standard InChI is InChI=1S/C11H7Cl2NO3S/c12-6-1-2-8(13)10(3-6)18-5-9-7(11(15)16)4-14-17-9/h1-4H,5H2,(H,15,16). The van der Waals surface area contributed by atoms with Gasteiger partial charge in [0, 0.05) is 9.92 Å². The van der Waals surface area contributed by atoms with E-state index < -0.39 is 5.97 Å². The van der Waals surface area contributed by atoms with Gasteiger partial charge >= 0.3 is 5.97 Å². The molecular weight excluding hydrogens is 297 g/mol. The molecule has 0 unspecified atom stereocenters. The van der Waals surface area contributed by atoms with Crippen molar-refractivity contribution in [3.8, 4) is 0 Å². The van der Waals surface area contributed by atoms with Gasteiger partial charge in [0.1, 0.15) is 5.56 Å². The van der Waals surface area contributed by atoms with E-state index >= 15 is 0 Å². The van der Waals surface area contributed by atoms with Crippen LogP contribution in [0.5, 0.6) is 0 Å². The summed E-state index contributed by atoms with van der Waals surface area (Å²) in [6.45, 7) is 0. The van der Waals surface area contributed by atoms with Crippen LogP contribution in [0.1, 0.15) is 16.1 Å². The Kier molecular flexibility index (Phi) is 4.16. The van der Waals surface area contributed by atoms with E-state index in [1.54, 1.807) is 18.2 Å². The van der Waals surface area contributed by atoms with Crippen LogP contribution in [0.2, 0.25) is 10.0 Å². The van der Waals surface area contributed by atoms with Crippen LogP contribution in [0.25, 0.3) is 0 Å². The molecule has 1 aromatic carbocycles. The minimum absolute atomic E-state index is 0.0562. The second-order valence-electron chi connectivity index (χ2n) is 3.33. The maximum atomic E-state index is 10.9. The highest BCUT2D eigenvalue weighted by molar-refractivity contribution is 7.98. The average molecular weight is 304 g/mol. The van der Waals surface area contributed by atoms with Crippen molar-refractivity contribution in [2.45, 2.75) is 10.6 Å². The Morgan fingerprint density at radius 1 is 1.44 bits per heavy atom. The third kappa shape index (κ3) is 2.98. The molecule has 0 radical (unpaired) electrons. The Morgan fingerprint density at radius 2 is 2.22 bits per heavy atom. The van der Waals surface area contributed by atoms with E-state index in [4.69, 9.17) is 32.8 Å². The van der Waals surface area contributed by atoms with E-state index in [0.29, 0.717) is 21.6 Å². The first-order valence-electron chi connectivity index (χ1n) is 4.82. The smallest absolute Gasteiger partial charge is 0.341 e. The summed E-state index contributed by atoms with van der Waals surface area (Å²) in [5, 5.41) is 13.5. The number of carbonyl (C=O) groups is 1. The molecular formula is C11H7Cl2NO3S. The molecule has 0 aliphatic carbocycles. The minimum Gasteiger partial charge on any atom is -0.478 e. The molecule has 0 saturated heterocycles. The molecule has 18 heavy (non-hydrogen) atoms. The molecule has 0 aliphatic heterocycles. The van der Waals surface area contributed by atoms with Crippen LogP contribution >= 0.6 is 35.0 Å². The highest BCUT2D eigenvalue weighted by Gasteiger charge is 2.15. The zero-order valence-corrected chi connectivity index (χ0v) is 11.2. The lowest BCUT2D eigenvalue weighted by molar-refractivity contribution is 0.0695. The van der Waals surface area contributed by atoms with Gasteiger partial charge in [-0.1, -0.05) is 28.4 Å². The summed E-state index contributed by atoms with van der Waals surface area (Å²) in [5.74, 6) is -0.450. The van der Waals surface area contributed by atoms with Crippen LogP contribution in [0.4, 0.5) is 0 Å². The summed E-state index contributed by atoms with van der Waals surface area (Å²) in [5.41, 5.74) is 0.0562. The number of carboxylic acid groups (broad SMARTS) is 1. The Morgan fingerprint density at radius 3 is 2.94 bits per heavy atom. The third-order valence-electron chi connectivity index (χ3n) is 2.13. The van der Waals surface area contributed by atoms with E-state index in [1.807, 2.05) is 0 Å². The first-order chi connectivity index (χ1) is 8.58. The lowest BCUT2D eigenvalue weighted by Crippen LogP contribution is -1.97. The van der Waals surface area contributed by atoms with Gasteiger partial charge in [-0.3, -0.25) is 0 Å². The van der Waals surface area contributed by atoms with Gasteiger partial charge in [-0.05, 0) is 18.2 Å². The summed E-state index contributed by atoms with van der Waals surface area (Å²) < 4.78 is 4.89. The summed E-state index contributed by atoms with van der Waals surface area (Å²) in [6, 6.07) is 5.08. The van der Waals surface area contributed by atoms with E-state index in [9.17, 15) is 4.79 Å². The van der Waals surface area contributed by atoms with Crippen molar-refractivity contribution in [1.82, 2.24) is 5.16 Å². The van der Waals surface area contributed by atoms with Crippen LogP contribution in [-0.2, 0) is 5.75 Å². The molecule has 0 bridgehead atoms. The zero-order chi connectivity index (χ0) is 13.1. The summed E-state index contributed by atoms with van der Waals surface area (Å²) in [6.07, 6.45) is 1.18. The number of halogens is 2. The predicted octanol–water partition coefficient (Wildman–Crippen LogP) is 3.97. The molecule has 1 aromatic heterocycles. The van der Waals surface area contributed by atoms with Gasteiger partial charge in [0.05, 0.1) is 17.0 Å². The normalized spacial score (nSPS) is 10.6. The minimum atomic E-state index is -1.07. The molecule has 0 aliphatic rings. The molecule has 0 saturated carbocycles. The second kappa shape index (κ2) is 5.65. The molecule has 0 fully saturated rings. The van der Waals surface area contributed by atoms with Crippen LogP contribution in [-0.4, -0.2) is 16.2 Å². The summed E-state index contributed by atoms with van der Waals surface area (Å²) in [7, 11) is 0. The van der Waals surface area contributed by atoms with Crippen LogP contribution < -0.4 is 0 Å². The fourth-order valence-electron chi connectivity index (χ4n) is 1.27. The number of thioether (sulfide) groups is 1. The SMILES string of the molecule is O=C(O)c1cnoc1CSc1cc(Cl)ccc1Cl. The summed E-state index contributed by atoms with van der Waals surface area (Å²) in [4.78, 5) is 11.6. The Hall–Kier alpha value is -1.17. The number of aromatic carboxylic acids is 1. The fourth-order valence-corrected chi connectivity index (χ4v) is 2.70. The van der Waals surface area contributed by atoms with Gasteiger partial charge in [-0.15, -0.1) is 11.8 Å². The van der Waals surface area contributed by atoms with E-state index in [2.05, 4.69) is 5.16 Å². The first kappa shape index (κ1) is 13.3. The van der Waals surface area contributed by atoms with Crippen molar-refractivity contribution in [1.29, 1.82) is 0 Å². The van der Waals surface area contributed by atoms with Gasteiger partial charge in [-0.25, -0.2) is 4.79 Å². The van der Waals surface area contributed by atoms with E-state index in [1.165, 1.54) is 18.0 Å². The number of aromatic nitrogens is 1. The molecule has 2 aromatic rings. The Labute approximate surface area is 117 Å². The van der Waals surface area contributed by atoms with Crippen molar-refractivity contribution in [2.24, 2.45) is 0 Å². The molecule has 0 spiro atoms. The van der Waals surface area contributed by atoms with Gasteiger partial charge in [-0.2, -0.15) is 0 Å². The highest BCUT2D eigenvalue weighted by Crippen LogP contribution is 2.32. The maximum absolute atomic E-state index is 10.9. The summed E-state index contributed by atoms with van der Waals surface area (Å²) >= 11 is 13.2. The number of rotatable bonds is 4. The van der Waals surface area contributed by atoms with Gasteiger partial charge in [0.25, 0.3) is 0 Å². The third-order valence-corrected chi connectivity index (χ3v) is 3.86. The van der Waals surface area contributed by atoms with Crippen molar-refractivity contribution in [3.05, 3.63) is 45.8 Å². The number of benzene rings is 1. The number of nitrogens with zero attached hydrogens (tertiary/aromatic N) is 1. The topological polar surface area (TPSA) is 63.3 Å². The van der Waals surface area contributed by atoms with E-state index in [0.717, 1.165) is 4.90 Å². The second-order valence-corrected chi connectivity index (χ2v) is 5.19. The molecule has 0 atom stereocenters. The van der Waals surface area contributed by atoms with Crippen molar-refractivity contribution in [3.63, 3.8) is 0 Å². The molecule has 94 valence electrons. The van der Waals surface area contributed by atoms with Gasteiger partial charge in [0.2, 0.25) is 0 Å². The quantitative estimate of drug-likeness (QED) is 0.866. The maximum Gasteiger partial charge on any atom is 0.341 e. The van der Waals surface area contributed by atoms with Gasteiger partial charge < -0.3 is 9.63 Å². The molecule has 0 amide bonds.